The van der Waals surface area contributed by atoms with Crippen molar-refractivity contribution in [2.45, 2.75) is 69.4 Å². The van der Waals surface area contributed by atoms with E-state index in [2.05, 4.69) is 18.7 Å². The van der Waals surface area contributed by atoms with Crippen molar-refractivity contribution in [1.29, 1.82) is 5.26 Å². The van der Waals surface area contributed by atoms with Crippen LogP contribution in [0.3, 0.4) is 0 Å². The van der Waals surface area contributed by atoms with Gasteiger partial charge in [-0.2, -0.15) is 9.57 Å². The summed E-state index contributed by atoms with van der Waals surface area (Å²) in [7, 11) is -3.76. The van der Waals surface area contributed by atoms with E-state index in [0.717, 1.165) is 51.9 Å². The van der Waals surface area contributed by atoms with Gasteiger partial charge in [0.25, 0.3) is 0 Å². The fraction of sp³-hybridized carbons (Fsp3) is 0.680. The van der Waals surface area contributed by atoms with E-state index in [1.54, 1.807) is 28.6 Å². The quantitative estimate of drug-likeness (QED) is 0.609. The molecule has 2 saturated carbocycles. The van der Waals surface area contributed by atoms with Crippen LogP contribution >= 0.6 is 0 Å². The van der Waals surface area contributed by atoms with Crippen molar-refractivity contribution in [1.82, 2.24) is 14.1 Å². The Morgan fingerprint density at radius 2 is 1.70 bits per heavy atom. The Bertz CT molecular complexity index is 983. The Labute approximate surface area is 198 Å². The van der Waals surface area contributed by atoms with E-state index in [-0.39, 0.29) is 28.3 Å². The number of nitriles is 1. The van der Waals surface area contributed by atoms with Gasteiger partial charge in [0.1, 0.15) is 6.07 Å². The van der Waals surface area contributed by atoms with Crippen LogP contribution in [-0.2, 0) is 14.8 Å². The van der Waals surface area contributed by atoms with Crippen LogP contribution in [0.4, 0.5) is 0 Å². The lowest BCUT2D eigenvalue weighted by Crippen LogP contribution is -2.52. The molecular formula is C25H36N4O3S. The average Bonchev–Trinajstić information content (AvgIpc) is 3.66. The second-order valence-electron chi connectivity index (χ2n) is 10.1. The molecule has 1 aromatic rings. The molecule has 0 spiro atoms. The second-order valence-corrected chi connectivity index (χ2v) is 11.9. The molecule has 0 atom stereocenters. The summed E-state index contributed by atoms with van der Waals surface area (Å²) < 4.78 is 28.9. The number of amides is 1. The van der Waals surface area contributed by atoms with Gasteiger partial charge in [-0.15, -0.1) is 0 Å². The van der Waals surface area contributed by atoms with E-state index in [4.69, 9.17) is 0 Å². The minimum Gasteiger partial charge on any atom is -0.340 e. The lowest BCUT2D eigenvalue weighted by Gasteiger charge is -2.40. The fourth-order valence-electron chi connectivity index (χ4n) is 5.24. The van der Waals surface area contributed by atoms with Crippen molar-refractivity contribution in [3.8, 4) is 6.07 Å². The number of hydrogen-bond acceptors (Lipinski definition) is 5. The van der Waals surface area contributed by atoms with E-state index in [1.807, 2.05) is 11.0 Å². The normalized spacial score (nSPS) is 24.8. The van der Waals surface area contributed by atoms with Gasteiger partial charge in [-0.05, 0) is 70.4 Å². The predicted molar refractivity (Wildman–Crippen MR) is 127 cm³/mol. The van der Waals surface area contributed by atoms with Gasteiger partial charge < -0.3 is 4.90 Å². The zero-order valence-corrected chi connectivity index (χ0v) is 20.6. The van der Waals surface area contributed by atoms with E-state index in [1.165, 1.54) is 0 Å². The molecule has 1 amide bonds. The first-order valence-corrected chi connectivity index (χ1v) is 13.8. The first kappa shape index (κ1) is 24.2. The maximum absolute atomic E-state index is 13.6. The molecule has 0 N–H and O–H groups in total. The Kier molecular flexibility index (Phi) is 7.42. The summed E-state index contributed by atoms with van der Waals surface area (Å²) in [5.74, 6) is 0.637. The van der Waals surface area contributed by atoms with Crippen molar-refractivity contribution < 1.29 is 13.2 Å². The maximum atomic E-state index is 13.6. The number of piperazine rings is 1. The topological polar surface area (TPSA) is 84.7 Å². The van der Waals surface area contributed by atoms with Gasteiger partial charge >= 0.3 is 0 Å². The Balaban J connectivity index is 1.42. The molecule has 2 aliphatic carbocycles. The Morgan fingerprint density at radius 3 is 2.27 bits per heavy atom. The molecule has 3 aliphatic rings. The fourth-order valence-corrected chi connectivity index (χ4v) is 7.14. The third kappa shape index (κ3) is 5.42. The predicted octanol–water partition coefficient (Wildman–Crippen LogP) is 3.07. The summed E-state index contributed by atoms with van der Waals surface area (Å²) in [4.78, 5) is 17.7. The first-order valence-electron chi connectivity index (χ1n) is 12.3. The van der Waals surface area contributed by atoms with Crippen LogP contribution in [0.25, 0.3) is 0 Å². The van der Waals surface area contributed by atoms with Gasteiger partial charge in [0, 0.05) is 50.7 Å². The molecule has 1 heterocycles. The van der Waals surface area contributed by atoms with E-state index in [9.17, 15) is 18.5 Å². The number of hydrogen-bond donors (Lipinski definition) is 0. The van der Waals surface area contributed by atoms with Gasteiger partial charge in [-0.1, -0.05) is 12.1 Å². The molecule has 7 nitrogen and oxygen atoms in total. The van der Waals surface area contributed by atoms with Gasteiger partial charge in [0.2, 0.25) is 15.9 Å². The zero-order chi connectivity index (χ0) is 23.6. The molecule has 1 aromatic carbocycles. The number of benzene rings is 1. The molecule has 33 heavy (non-hydrogen) atoms. The number of nitrogens with zero attached hydrogens (tertiary/aromatic N) is 4. The maximum Gasteiger partial charge on any atom is 0.244 e. The van der Waals surface area contributed by atoms with Crippen LogP contribution < -0.4 is 0 Å². The Hall–Kier alpha value is -1.95. The monoisotopic (exact) mass is 472 g/mol. The second kappa shape index (κ2) is 10.1. The zero-order valence-electron chi connectivity index (χ0n) is 19.8. The lowest BCUT2D eigenvalue weighted by atomic mass is 9.85. The van der Waals surface area contributed by atoms with Crippen molar-refractivity contribution in [2.75, 3.05) is 32.7 Å². The van der Waals surface area contributed by atoms with Gasteiger partial charge in [-0.25, -0.2) is 8.42 Å². The average molecular weight is 473 g/mol. The highest BCUT2D eigenvalue weighted by Gasteiger charge is 2.40. The summed E-state index contributed by atoms with van der Waals surface area (Å²) in [6, 6.07) is 8.91. The van der Waals surface area contributed by atoms with Gasteiger partial charge in [-0.3, -0.25) is 9.69 Å². The minimum absolute atomic E-state index is 0.0104. The molecule has 8 heteroatoms. The van der Waals surface area contributed by atoms with Gasteiger partial charge in [0.15, 0.2) is 0 Å². The summed E-state index contributed by atoms with van der Waals surface area (Å²) in [6.45, 7) is 8.30. The molecule has 0 aromatic heterocycles. The highest BCUT2D eigenvalue weighted by Crippen LogP contribution is 2.37. The summed E-state index contributed by atoms with van der Waals surface area (Å²) in [5.41, 5.74) is 0.197. The molecular weight excluding hydrogens is 436 g/mol. The van der Waals surface area contributed by atoms with Crippen molar-refractivity contribution in [3.63, 3.8) is 0 Å². The molecule has 0 bridgehead atoms. The van der Waals surface area contributed by atoms with Crippen LogP contribution in [0.2, 0.25) is 0 Å². The molecule has 1 saturated heterocycles. The van der Waals surface area contributed by atoms with E-state index in [0.29, 0.717) is 31.3 Å². The highest BCUT2D eigenvalue weighted by atomic mass is 32.2. The number of rotatable bonds is 7. The van der Waals surface area contributed by atoms with Crippen molar-refractivity contribution in [2.24, 2.45) is 11.8 Å². The van der Waals surface area contributed by atoms with Crippen LogP contribution in [0.15, 0.2) is 29.2 Å². The molecule has 1 aliphatic heterocycles. The molecule has 0 radical (unpaired) electrons. The largest absolute Gasteiger partial charge is 0.340 e. The van der Waals surface area contributed by atoms with E-state index >= 15 is 0 Å². The van der Waals surface area contributed by atoms with Crippen LogP contribution in [0, 0.1) is 23.2 Å². The Morgan fingerprint density at radius 1 is 1.06 bits per heavy atom. The summed E-state index contributed by atoms with van der Waals surface area (Å²) in [6.07, 6.45) is 4.96. The third-order valence-corrected chi connectivity index (χ3v) is 9.52. The molecule has 180 valence electrons. The molecule has 4 rings (SSSR count). The standard InChI is InChI=1S/C25H36N4O3S/c1-19(2)27-13-15-28(16-14-27)25(30)21-9-11-23(12-10-21)29(18-20-7-8-20)33(31,32)24-6-4-3-5-22(24)17-26/h3-6,19-21,23H,7-16,18H2,1-2H3. The smallest absolute Gasteiger partial charge is 0.244 e. The summed E-state index contributed by atoms with van der Waals surface area (Å²) in [5, 5.41) is 9.46. The van der Waals surface area contributed by atoms with Crippen molar-refractivity contribution >= 4 is 15.9 Å². The van der Waals surface area contributed by atoms with Crippen molar-refractivity contribution in [3.05, 3.63) is 29.8 Å². The number of sulfonamides is 1. The molecule has 0 unspecified atom stereocenters. The SMILES string of the molecule is CC(C)N1CCN(C(=O)C2CCC(N(CC3CC3)S(=O)(=O)c3ccccc3C#N)CC2)CC1. The third-order valence-electron chi connectivity index (χ3n) is 7.54. The first-order chi connectivity index (χ1) is 15.8. The van der Waals surface area contributed by atoms with E-state index < -0.39 is 10.0 Å². The van der Waals surface area contributed by atoms with Gasteiger partial charge in [0.05, 0.1) is 10.5 Å². The van der Waals surface area contributed by atoms with Crippen LogP contribution in [0.1, 0.15) is 57.9 Å². The highest BCUT2D eigenvalue weighted by molar-refractivity contribution is 7.89. The summed E-state index contributed by atoms with van der Waals surface area (Å²) >= 11 is 0. The van der Waals surface area contributed by atoms with Crippen LogP contribution in [0.5, 0.6) is 0 Å². The minimum atomic E-state index is -3.76. The molecule has 3 fully saturated rings. The van der Waals surface area contributed by atoms with Crippen LogP contribution in [-0.4, -0.2) is 73.2 Å². The number of carbonyl (C=O) groups excluding carboxylic acids is 1. The number of carbonyl (C=O) groups is 1. The lowest BCUT2D eigenvalue weighted by molar-refractivity contribution is -0.138.